The number of halogens is 1. The normalized spacial score (nSPS) is 10.8. The maximum absolute atomic E-state index is 12.8. The lowest BCUT2D eigenvalue weighted by Crippen LogP contribution is -2.33. The highest BCUT2D eigenvalue weighted by molar-refractivity contribution is 6.30. The minimum atomic E-state index is -0.563. The molecule has 0 saturated heterocycles. The van der Waals surface area contributed by atoms with Crippen molar-refractivity contribution in [2.24, 2.45) is 0 Å². The van der Waals surface area contributed by atoms with E-state index < -0.39 is 11.2 Å². The monoisotopic (exact) mass is 405 g/mol. The van der Waals surface area contributed by atoms with E-state index in [-0.39, 0.29) is 5.91 Å². The molecule has 0 aliphatic heterocycles. The number of aromatic amines is 1. The standard InChI is InChI=1S/C22H16ClN3O3/c23-16-9-6-14(7-10-16)13-24-20(27)15-8-11-18-19(12-15)25-22(29)26(21(18)28)17-4-2-1-3-5-17/h1-12H,13H2,(H,24,27)(H,25,29). The zero-order valence-electron chi connectivity index (χ0n) is 15.2. The van der Waals surface area contributed by atoms with Crippen LogP contribution in [0.15, 0.2) is 82.4 Å². The van der Waals surface area contributed by atoms with Crippen LogP contribution in [0.1, 0.15) is 15.9 Å². The summed E-state index contributed by atoms with van der Waals surface area (Å²) in [5.41, 5.74) is 1.04. The van der Waals surface area contributed by atoms with Crippen molar-refractivity contribution >= 4 is 28.4 Å². The number of aromatic nitrogens is 2. The largest absolute Gasteiger partial charge is 0.348 e. The minimum absolute atomic E-state index is 0.310. The topological polar surface area (TPSA) is 84.0 Å². The van der Waals surface area contributed by atoms with Gasteiger partial charge in [0.25, 0.3) is 11.5 Å². The van der Waals surface area contributed by atoms with E-state index in [4.69, 9.17) is 11.6 Å². The number of benzene rings is 3. The van der Waals surface area contributed by atoms with E-state index in [1.807, 2.05) is 12.1 Å². The number of nitrogens with one attached hydrogen (secondary N) is 2. The van der Waals surface area contributed by atoms with Gasteiger partial charge in [0.15, 0.2) is 0 Å². The number of rotatable bonds is 4. The molecule has 144 valence electrons. The molecule has 0 fully saturated rings. The summed E-state index contributed by atoms with van der Waals surface area (Å²) in [5, 5.41) is 3.76. The average Bonchev–Trinajstić information content (AvgIpc) is 2.73. The first-order valence-electron chi connectivity index (χ1n) is 8.90. The zero-order valence-corrected chi connectivity index (χ0v) is 15.9. The van der Waals surface area contributed by atoms with Crippen LogP contribution >= 0.6 is 11.6 Å². The lowest BCUT2D eigenvalue weighted by molar-refractivity contribution is 0.0951. The third-order valence-electron chi connectivity index (χ3n) is 4.54. The minimum Gasteiger partial charge on any atom is -0.348 e. The highest BCUT2D eigenvalue weighted by Gasteiger charge is 2.12. The van der Waals surface area contributed by atoms with Gasteiger partial charge in [0.1, 0.15) is 0 Å². The lowest BCUT2D eigenvalue weighted by Gasteiger charge is -2.09. The van der Waals surface area contributed by atoms with Gasteiger partial charge in [-0.25, -0.2) is 9.36 Å². The number of nitrogens with zero attached hydrogens (tertiary/aromatic N) is 1. The third-order valence-corrected chi connectivity index (χ3v) is 4.79. The van der Waals surface area contributed by atoms with Crippen LogP contribution in [-0.2, 0) is 6.54 Å². The summed E-state index contributed by atoms with van der Waals surface area (Å²) in [6, 6.07) is 20.4. The van der Waals surface area contributed by atoms with Crippen LogP contribution in [0.25, 0.3) is 16.6 Å². The summed E-state index contributed by atoms with van der Waals surface area (Å²) >= 11 is 5.86. The molecule has 0 aliphatic rings. The molecule has 4 aromatic rings. The predicted octanol–water partition coefficient (Wildman–Crippen LogP) is 3.26. The van der Waals surface area contributed by atoms with E-state index in [9.17, 15) is 14.4 Å². The highest BCUT2D eigenvalue weighted by atomic mass is 35.5. The number of hydrogen-bond donors (Lipinski definition) is 2. The van der Waals surface area contributed by atoms with Crippen molar-refractivity contribution in [2.75, 3.05) is 0 Å². The van der Waals surface area contributed by atoms with Gasteiger partial charge in [-0.05, 0) is 48.0 Å². The molecule has 29 heavy (non-hydrogen) atoms. The maximum Gasteiger partial charge on any atom is 0.333 e. The second-order valence-electron chi connectivity index (χ2n) is 6.48. The number of hydrogen-bond acceptors (Lipinski definition) is 3. The molecule has 0 bridgehead atoms. The fraction of sp³-hybridized carbons (Fsp3) is 0.0455. The summed E-state index contributed by atoms with van der Waals surface area (Å²) in [5.74, 6) is -0.310. The van der Waals surface area contributed by atoms with Crippen LogP contribution in [0, 0.1) is 0 Å². The molecule has 0 saturated carbocycles. The van der Waals surface area contributed by atoms with Crippen LogP contribution < -0.4 is 16.6 Å². The Balaban J connectivity index is 1.64. The Labute approximate surface area is 170 Å². The third kappa shape index (κ3) is 3.83. The Bertz CT molecular complexity index is 1310. The van der Waals surface area contributed by atoms with Gasteiger partial charge in [-0.2, -0.15) is 0 Å². The van der Waals surface area contributed by atoms with E-state index >= 15 is 0 Å². The predicted molar refractivity (Wildman–Crippen MR) is 113 cm³/mol. The van der Waals surface area contributed by atoms with Gasteiger partial charge in [-0.15, -0.1) is 0 Å². The lowest BCUT2D eigenvalue weighted by atomic mass is 10.1. The molecule has 2 N–H and O–H groups in total. The molecule has 6 nitrogen and oxygen atoms in total. The fourth-order valence-electron chi connectivity index (χ4n) is 3.06. The Morgan fingerprint density at radius 2 is 1.69 bits per heavy atom. The molecule has 3 aromatic carbocycles. The van der Waals surface area contributed by atoms with Crippen LogP contribution in [0.4, 0.5) is 0 Å². The Morgan fingerprint density at radius 1 is 0.966 bits per heavy atom. The van der Waals surface area contributed by atoms with Crippen molar-refractivity contribution in [1.82, 2.24) is 14.9 Å². The maximum atomic E-state index is 12.8. The van der Waals surface area contributed by atoms with E-state index in [2.05, 4.69) is 10.3 Å². The quantitative estimate of drug-likeness (QED) is 0.546. The van der Waals surface area contributed by atoms with Gasteiger partial charge < -0.3 is 10.3 Å². The van der Waals surface area contributed by atoms with Crippen molar-refractivity contribution in [1.29, 1.82) is 0 Å². The van der Waals surface area contributed by atoms with Gasteiger partial charge in [0.05, 0.1) is 16.6 Å². The van der Waals surface area contributed by atoms with E-state index in [0.29, 0.717) is 33.7 Å². The number of fused-ring (bicyclic) bond motifs is 1. The summed E-state index contributed by atoms with van der Waals surface area (Å²) < 4.78 is 1.07. The fourth-order valence-corrected chi connectivity index (χ4v) is 3.18. The van der Waals surface area contributed by atoms with Gasteiger partial charge >= 0.3 is 5.69 Å². The van der Waals surface area contributed by atoms with Crippen LogP contribution in [0.2, 0.25) is 5.02 Å². The van der Waals surface area contributed by atoms with Crippen molar-refractivity contribution in [2.45, 2.75) is 6.54 Å². The molecule has 1 heterocycles. The summed E-state index contributed by atoms with van der Waals surface area (Å²) in [7, 11) is 0. The second kappa shape index (κ2) is 7.77. The van der Waals surface area contributed by atoms with E-state index in [1.165, 1.54) is 6.07 Å². The van der Waals surface area contributed by atoms with Crippen molar-refractivity contribution in [3.8, 4) is 5.69 Å². The van der Waals surface area contributed by atoms with Gasteiger partial charge in [-0.3, -0.25) is 9.59 Å². The Hall–Kier alpha value is -3.64. The van der Waals surface area contributed by atoms with Crippen molar-refractivity contribution in [3.63, 3.8) is 0 Å². The molecule has 0 spiro atoms. The van der Waals surface area contributed by atoms with Gasteiger partial charge in [-0.1, -0.05) is 41.9 Å². The number of amides is 1. The number of carbonyl (C=O) groups is 1. The summed E-state index contributed by atoms with van der Waals surface area (Å²) in [4.78, 5) is 40.4. The molecule has 0 unspecified atom stereocenters. The molecule has 0 aliphatic carbocycles. The molecule has 1 aromatic heterocycles. The number of carbonyl (C=O) groups excluding carboxylic acids is 1. The van der Waals surface area contributed by atoms with Crippen LogP contribution in [0.3, 0.4) is 0 Å². The van der Waals surface area contributed by atoms with Crippen molar-refractivity contribution < 1.29 is 4.79 Å². The smallest absolute Gasteiger partial charge is 0.333 e. The Morgan fingerprint density at radius 3 is 2.41 bits per heavy atom. The Kier molecular flexibility index (Phi) is 5.01. The van der Waals surface area contributed by atoms with Crippen LogP contribution in [-0.4, -0.2) is 15.5 Å². The SMILES string of the molecule is O=C(NCc1ccc(Cl)cc1)c1ccc2c(=O)n(-c3ccccc3)c(=O)[nH]c2c1. The first-order chi connectivity index (χ1) is 14.0. The molecule has 1 amide bonds. The van der Waals surface area contributed by atoms with Crippen LogP contribution in [0.5, 0.6) is 0 Å². The zero-order chi connectivity index (χ0) is 20.4. The molecule has 4 rings (SSSR count). The molecule has 0 atom stereocenters. The highest BCUT2D eigenvalue weighted by Crippen LogP contribution is 2.12. The van der Waals surface area contributed by atoms with E-state index in [0.717, 1.165) is 10.1 Å². The first kappa shape index (κ1) is 18.7. The van der Waals surface area contributed by atoms with Gasteiger partial charge in [0.2, 0.25) is 0 Å². The molecule has 7 heteroatoms. The number of H-pyrrole nitrogens is 1. The molecular weight excluding hydrogens is 390 g/mol. The van der Waals surface area contributed by atoms with Crippen molar-refractivity contribution in [3.05, 3.63) is 110 Å². The molecular formula is C22H16ClN3O3. The average molecular weight is 406 g/mol. The van der Waals surface area contributed by atoms with E-state index in [1.54, 1.807) is 54.6 Å². The summed E-state index contributed by atoms with van der Waals surface area (Å²) in [6.45, 7) is 0.333. The van der Waals surface area contributed by atoms with Gasteiger partial charge in [0, 0.05) is 17.1 Å². The summed E-state index contributed by atoms with van der Waals surface area (Å²) in [6.07, 6.45) is 0. The first-order valence-corrected chi connectivity index (χ1v) is 9.28. The number of para-hydroxylation sites is 1. The molecule has 0 radical (unpaired) electrons. The second-order valence-corrected chi connectivity index (χ2v) is 6.91.